The second-order valence-corrected chi connectivity index (χ2v) is 6.36. The highest BCUT2D eigenvalue weighted by atomic mass is 16.6. The zero-order valence-corrected chi connectivity index (χ0v) is 13.2. The number of amides is 1. The summed E-state index contributed by atoms with van der Waals surface area (Å²) >= 11 is 0. The first kappa shape index (κ1) is 14.5. The maximum Gasteiger partial charge on any atom is 0.312 e. The number of benzene rings is 1. The van der Waals surface area contributed by atoms with Gasteiger partial charge in [-0.3, -0.25) is 9.59 Å². The monoisotopic (exact) mass is 313 g/mol. The maximum atomic E-state index is 13.0. The lowest BCUT2D eigenvalue weighted by Crippen LogP contribution is -2.40. The topological polar surface area (TPSA) is 55.8 Å². The molecule has 0 unspecified atom stereocenters. The van der Waals surface area contributed by atoms with E-state index in [-0.39, 0.29) is 18.0 Å². The lowest BCUT2D eigenvalue weighted by molar-refractivity contribution is -0.151. The highest BCUT2D eigenvalue weighted by molar-refractivity contribution is 6.03. The summed E-state index contributed by atoms with van der Waals surface area (Å²) in [5, 5.41) is 0. The molecular weight excluding hydrogens is 294 g/mol. The van der Waals surface area contributed by atoms with Crippen LogP contribution < -0.4 is 4.90 Å². The third-order valence-corrected chi connectivity index (χ3v) is 5.07. The van der Waals surface area contributed by atoms with E-state index in [9.17, 15) is 9.59 Å². The van der Waals surface area contributed by atoms with Crippen molar-refractivity contribution in [3.8, 4) is 0 Å². The van der Waals surface area contributed by atoms with Crippen LogP contribution in [0.25, 0.3) is 0 Å². The summed E-state index contributed by atoms with van der Waals surface area (Å²) in [6.07, 6.45) is 3.50. The smallest absolute Gasteiger partial charge is 0.312 e. The van der Waals surface area contributed by atoms with Crippen LogP contribution in [0.1, 0.15) is 12.5 Å². The molecule has 23 heavy (non-hydrogen) atoms. The summed E-state index contributed by atoms with van der Waals surface area (Å²) in [5.74, 6) is -1.42. The van der Waals surface area contributed by atoms with Crippen molar-refractivity contribution in [1.82, 2.24) is 0 Å². The Kier molecular flexibility index (Phi) is 3.10. The number of hydrogen-bond acceptors (Lipinski definition) is 4. The molecule has 5 heteroatoms. The van der Waals surface area contributed by atoms with Crippen molar-refractivity contribution in [3.63, 3.8) is 0 Å². The van der Waals surface area contributed by atoms with Gasteiger partial charge in [0, 0.05) is 5.69 Å². The van der Waals surface area contributed by atoms with Crippen LogP contribution in [-0.2, 0) is 19.1 Å². The van der Waals surface area contributed by atoms with Gasteiger partial charge in [0.2, 0.25) is 5.91 Å². The molecule has 2 saturated heterocycles. The highest BCUT2D eigenvalue weighted by Crippen LogP contribution is 2.53. The molecule has 1 aromatic rings. The van der Waals surface area contributed by atoms with Gasteiger partial charge in [0.1, 0.15) is 11.5 Å². The van der Waals surface area contributed by atoms with Crippen molar-refractivity contribution in [3.05, 3.63) is 42.0 Å². The van der Waals surface area contributed by atoms with Gasteiger partial charge in [-0.15, -0.1) is 0 Å². The Bertz CT molecular complexity index is 713. The molecule has 0 N–H and O–H groups in total. The zero-order valence-electron chi connectivity index (χ0n) is 13.2. The number of hydrogen-bond donors (Lipinski definition) is 0. The fourth-order valence-electron chi connectivity index (χ4n) is 4.08. The molecule has 1 aromatic carbocycles. The van der Waals surface area contributed by atoms with Crippen molar-refractivity contribution in [2.75, 3.05) is 18.1 Å². The second-order valence-electron chi connectivity index (χ2n) is 6.36. The van der Waals surface area contributed by atoms with Gasteiger partial charge in [0.15, 0.2) is 0 Å². The van der Waals surface area contributed by atoms with Crippen LogP contribution in [0.15, 0.2) is 36.4 Å². The first-order chi connectivity index (χ1) is 11.1. The van der Waals surface area contributed by atoms with Gasteiger partial charge in [-0.2, -0.15) is 0 Å². The van der Waals surface area contributed by atoms with E-state index >= 15 is 0 Å². The van der Waals surface area contributed by atoms with Gasteiger partial charge in [0.05, 0.1) is 25.2 Å². The Morgan fingerprint density at radius 3 is 2.96 bits per heavy atom. The predicted molar refractivity (Wildman–Crippen MR) is 83.9 cm³/mol. The Morgan fingerprint density at radius 1 is 1.43 bits per heavy atom. The standard InChI is InChI=1S/C18H19NO4/c1-3-22-17(21)14-13-8-9-18(23-13)10-19(16(20)15(14)18)12-7-5-4-6-11(12)2/h4-9,13-15H,3,10H2,1-2H3/t13-,14-,15-,18+/m0/s1. The Balaban J connectivity index is 1.71. The van der Waals surface area contributed by atoms with Crippen molar-refractivity contribution in [2.45, 2.75) is 25.6 Å². The van der Waals surface area contributed by atoms with Crippen molar-refractivity contribution in [1.29, 1.82) is 0 Å². The van der Waals surface area contributed by atoms with Crippen molar-refractivity contribution >= 4 is 17.6 Å². The van der Waals surface area contributed by atoms with Crippen LogP contribution in [0.2, 0.25) is 0 Å². The minimum Gasteiger partial charge on any atom is -0.466 e. The van der Waals surface area contributed by atoms with E-state index in [0.29, 0.717) is 13.2 Å². The maximum absolute atomic E-state index is 13.0. The van der Waals surface area contributed by atoms with Crippen molar-refractivity contribution < 1.29 is 19.1 Å². The van der Waals surface area contributed by atoms with Gasteiger partial charge >= 0.3 is 5.97 Å². The second kappa shape index (κ2) is 4.93. The number of ether oxygens (including phenoxy) is 2. The molecule has 0 radical (unpaired) electrons. The highest BCUT2D eigenvalue weighted by Gasteiger charge is 2.67. The largest absolute Gasteiger partial charge is 0.466 e. The molecular formula is C18H19NO4. The van der Waals surface area contributed by atoms with Crippen LogP contribution in [0.5, 0.6) is 0 Å². The van der Waals surface area contributed by atoms with Crippen LogP contribution >= 0.6 is 0 Å². The summed E-state index contributed by atoms with van der Waals surface area (Å²) < 4.78 is 11.2. The van der Waals surface area contributed by atoms with E-state index in [4.69, 9.17) is 9.47 Å². The number of para-hydroxylation sites is 1. The molecule has 0 aromatic heterocycles. The molecule has 1 spiro atoms. The minimum absolute atomic E-state index is 0.0517. The normalized spacial score (nSPS) is 34.1. The Labute approximate surface area is 134 Å². The third-order valence-electron chi connectivity index (χ3n) is 5.07. The molecule has 2 bridgehead atoms. The van der Waals surface area contributed by atoms with E-state index in [1.165, 1.54) is 0 Å². The number of anilines is 1. The van der Waals surface area contributed by atoms with E-state index in [1.807, 2.05) is 43.3 Å². The van der Waals surface area contributed by atoms with Crippen LogP contribution in [0.3, 0.4) is 0 Å². The molecule has 2 fully saturated rings. The Morgan fingerprint density at radius 2 is 2.22 bits per heavy atom. The molecule has 3 aliphatic heterocycles. The summed E-state index contributed by atoms with van der Waals surface area (Å²) in [4.78, 5) is 27.1. The SMILES string of the molecule is CCOC(=O)[C@H]1[C@@H]2C=C[C@]3(CN(c4ccccc4C)C(=O)[C@H]13)O2. The first-order valence-corrected chi connectivity index (χ1v) is 7.98. The average molecular weight is 313 g/mol. The molecule has 3 aliphatic rings. The van der Waals surface area contributed by atoms with Crippen LogP contribution in [0, 0.1) is 18.8 Å². The summed E-state index contributed by atoms with van der Waals surface area (Å²) in [7, 11) is 0. The lowest BCUT2D eigenvalue weighted by atomic mass is 9.77. The molecule has 4 atom stereocenters. The lowest BCUT2D eigenvalue weighted by Gasteiger charge is -2.22. The van der Waals surface area contributed by atoms with Gasteiger partial charge in [-0.05, 0) is 25.5 Å². The quantitative estimate of drug-likeness (QED) is 0.631. The van der Waals surface area contributed by atoms with Gasteiger partial charge in [-0.1, -0.05) is 30.4 Å². The molecule has 1 amide bonds. The van der Waals surface area contributed by atoms with E-state index < -0.39 is 17.4 Å². The number of carbonyl (C=O) groups excluding carboxylic acids is 2. The molecule has 120 valence electrons. The van der Waals surface area contributed by atoms with Crippen LogP contribution in [-0.4, -0.2) is 36.7 Å². The number of nitrogens with zero attached hydrogens (tertiary/aromatic N) is 1. The number of carbonyl (C=O) groups is 2. The minimum atomic E-state index is -0.693. The number of aryl methyl sites for hydroxylation is 1. The molecule has 0 saturated carbocycles. The van der Waals surface area contributed by atoms with E-state index in [1.54, 1.807) is 11.8 Å². The average Bonchev–Trinajstić information content (AvgIpc) is 3.16. The predicted octanol–water partition coefficient (Wildman–Crippen LogP) is 1.84. The Hall–Kier alpha value is -2.14. The molecule has 0 aliphatic carbocycles. The van der Waals surface area contributed by atoms with Gasteiger partial charge < -0.3 is 14.4 Å². The number of fused-ring (bicyclic) bond motifs is 1. The van der Waals surface area contributed by atoms with Crippen LogP contribution in [0.4, 0.5) is 5.69 Å². The van der Waals surface area contributed by atoms with Gasteiger partial charge in [0.25, 0.3) is 0 Å². The van der Waals surface area contributed by atoms with E-state index in [0.717, 1.165) is 11.3 Å². The number of esters is 1. The molecule has 4 rings (SSSR count). The summed E-state index contributed by atoms with van der Waals surface area (Å²) in [6.45, 7) is 4.50. The third kappa shape index (κ3) is 1.89. The summed E-state index contributed by atoms with van der Waals surface area (Å²) in [5.41, 5.74) is 1.22. The summed E-state index contributed by atoms with van der Waals surface area (Å²) in [6, 6.07) is 7.77. The molecule has 3 heterocycles. The first-order valence-electron chi connectivity index (χ1n) is 7.98. The fraction of sp³-hybridized carbons (Fsp3) is 0.444. The number of rotatable bonds is 3. The molecule has 5 nitrogen and oxygen atoms in total. The van der Waals surface area contributed by atoms with Crippen molar-refractivity contribution in [2.24, 2.45) is 11.8 Å². The zero-order chi connectivity index (χ0) is 16.2. The van der Waals surface area contributed by atoms with E-state index in [2.05, 4.69) is 0 Å². The van der Waals surface area contributed by atoms with Gasteiger partial charge in [-0.25, -0.2) is 0 Å². The fourth-order valence-corrected chi connectivity index (χ4v) is 4.08.